The third-order valence-electron chi connectivity index (χ3n) is 3.18. The molecule has 2 aliphatic rings. The van der Waals surface area contributed by atoms with Gasteiger partial charge in [-0.2, -0.15) is 0 Å². The van der Waals surface area contributed by atoms with Crippen LogP contribution in [0.1, 0.15) is 26.7 Å². The molecule has 0 aromatic carbocycles. The van der Waals surface area contributed by atoms with Gasteiger partial charge in [0.1, 0.15) is 6.04 Å². The van der Waals surface area contributed by atoms with E-state index in [1.807, 2.05) is 6.92 Å². The monoisotopic (exact) mass is 258 g/mol. The normalized spacial score (nSPS) is 28.4. The molecule has 2 aliphatic heterocycles. The van der Waals surface area contributed by atoms with E-state index in [4.69, 9.17) is 9.47 Å². The Labute approximate surface area is 110 Å². The maximum atomic E-state index is 11.1. The number of likely N-dealkylation sites (N-methyl/N-ethyl adjacent to an activating group) is 1. The quantitative estimate of drug-likeness (QED) is 0.737. The number of nitrogens with one attached hydrogen (secondary N) is 1. The van der Waals surface area contributed by atoms with Gasteiger partial charge >= 0.3 is 5.97 Å². The van der Waals surface area contributed by atoms with Crippen LogP contribution in [0.4, 0.5) is 0 Å². The maximum absolute atomic E-state index is 11.1. The van der Waals surface area contributed by atoms with Crippen LogP contribution in [0.2, 0.25) is 0 Å². The first-order chi connectivity index (χ1) is 8.63. The third-order valence-corrected chi connectivity index (χ3v) is 3.18. The van der Waals surface area contributed by atoms with Crippen LogP contribution in [-0.4, -0.2) is 62.9 Å². The fourth-order valence-electron chi connectivity index (χ4n) is 2.01. The molecular weight excluding hydrogens is 232 g/mol. The predicted molar refractivity (Wildman–Crippen MR) is 70.6 cm³/mol. The fraction of sp³-hybridized carbons (Fsp3) is 0.923. The van der Waals surface area contributed by atoms with E-state index in [-0.39, 0.29) is 12.0 Å². The highest BCUT2D eigenvalue weighted by Gasteiger charge is 2.27. The maximum Gasteiger partial charge on any atom is 0.323 e. The number of carbonyl (C=O) groups is 1. The van der Waals surface area contributed by atoms with Crippen molar-refractivity contribution in [2.75, 3.05) is 40.0 Å². The first-order valence-corrected chi connectivity index (χ1v) is 6.82. The molecule has 0 aliphatic carbocycles. The number of esters is 1. The summed E-state index contributed by atoms with van der Waals surface area (Å²) in [4.78, 5) is 13.4. The van der Waals surface area contributed by atoms with Gasteiger partial charge in [-0.25, -0.2) is 0 Å². The number of carbonyl (C=O) groups excluding carboxylic acids is 1. The van der Waals surface area contributed by atoms with Gasteiger partial charge in [-0.1, -0.05) is 0 Å². The Balaban J connectivity index is 0.000000199. The summed E-state index contributed by atoms with van der Waals surface area (Å²) < 4.78 is 9.97. The molecule has 0 spiro atoms. The van der Waals surface area contributed by atoms with E-state index in [9.17, 15) is 4.79 Å². The molecule has 1 N–H and O–H groups in total. The van der Waals surface area contributed by atoms with Crippen molar-refractivity contribution in [1.82, 2.24) is 10.2 Å². The second-order valence-electron chi connectivity index (χ2n) is 4.87. The van der Waals surface area contributed by atoms with Crippen LogP contribution in [0.25, 0.3) is 0 Å². The van der Waals surface area contributed by atoms with Gasteiger partial charge in [-0.15, -0.1) is 0 Å². The number of hydrogen-bond donors (Lipinski definition) is 1. The van der Waals surface area contributed by atoms with Crippen molar-refractivity contribution < 1.29 is 14.3 Å². The van der Waals surface area contributed by atoms with Crippen molar-refractivity contribution in [2.45, 2.75) is 38.8 Å². The molecule has 5 nitrogen and oxygen atoms in total. The number of hydrogen-bond acceptors (Lipinski definition) is 5. The van der Waals surface area contributed by atoms with Crippen LogP contribution >= 0.6 is 0 Å². The van der Waals surface area contributed by atoms with E-state index in [0.29, 0.717) is 12.6 Å². The van der Waals surface area contributed by atoms with Gasteiger partial charge < -0.3 is 19.7 Å². The van der Waals surface area contributed by atoms with E-state index in [1.54, 1.807) is 0 Å². The summed E-state index contributed by atoms with van der Waals surface area (Å²) in [6, 6.07) is 0.411. The van der Waals surface area contributed by atoms with Crippen molar-refractivity contribution >= 4 is 5.97 Å². The lowest BCUT2D eigenvalue weighted by molar-refractivity contribution is -0.145. The molecule has 2 rings (SSSR count). The molecular formula is C13H26N2O3. The second kappa shape index (κ2) is 8.45. The summed E-state index contributed by atoms with van der Waals surface area (Å²) in [6.07, 6.45) is 1.99. The average Bonchev–Trinajstić information content (AvgIpc) is 2.78. The van der Waals surface area contributed by atoms with Crippen LogP contribution in [0.3, 0.4) is 0 Å². The predicted octanol–water partition coefficient (Wildman–Crippen LogP) is 0.638. The summed E-state index contributed by atoms with van der Waals surface area (Å²) in [5.74, 6) is -0.100. The minimum Gasteiger partial charge on any atom is -0.465 e. The minimum atomic E-state index is -0.100. The fourth-order valence-corrected chi connectivity index (χ4v) is 2.01. The lowest BCUT2D eigenvalue weighted by Crippen LogP contribution is -2.35. The summed E-state index contributed by atoms with van der Waals surface area (Å²) >= 11 is 0. The summed E-state index contributed by atoms with van der Waals surface area (Å²) in [5, 5.41) is 3.16. The van der Waals surface area contributed by atoms with Gasteiger partial charge in [-0.05, 0) is 33.7 Å². The average molecular weight is 258 g/mol. The lowest BCUT2D eigenvalue weighted by atomic mass is 10.2. The standard InChI is InChI=1S/C8H15NO2.C5H11NO/c1-3-11-8(10)7-5-4-6(2)9-7;1-6-2-4-7-5-3-6/h6-7,9H,3-5H2,1-2H3;2-5H2,1H3. The second-order valence-corrected chi connectivity index (χ2v) is 4.87. The van der Waals surface area contributed by atoms with Gasteiger partial charge in [0, 0.05) is 19.1 Å². The molecule has 0 radical (unpaired) electrons. The smallest absolute Gasteiger partial charge is 0.323 e. The van der Waals surface area contributed by atoms with Gasteiger partial charge in [-0.3, -0.25) is 4.79 Å². The Hall–Kier alpha value is -0.650. The molecule has 2 fully saturated rings. The van der Waals surface area contributed by atoms with Crippen molar-refractivity contribution in [1.29, 1.82) is 0 Å². The SMILES string of the molecule is CCOC(=O)C1CCC(C)N1.CN1CCOCC1. The number of ether oxygens (including phenoxy) is 2. The molecule has 0 aromatic rings. The van der Waals surface area contributed by atoms with Gasteiger partial charge in [0.2, 0.25) is 0 Å². The molecule has 0 saturated carbocycles. The molecule has 2 unspecified atom stereocenters. The van der Waals surface area contributed by atoms with Crippen LogP contribution in [0.5, 0.6) is 0 Å². The number of nitrogens with zero attached hydrogens (tertiary/aromatic N) is 1. The van der Waals surface area contributed by atoms with E-state index >= 15 is 0 Å². The Morgan fingerprint density at radius 1 is 1.39 bits per heavy atom. The number of rotatable bonds is 2. The molecule has 0 bridgehead atoms. The number of morpholine rings is 1. The first kappa shape index (κ1) is 15.4. The van der Waals surface area contributed by atoms with Gasteiger partial charge in [0.25, 0.3) is 0 Å². The highest BCUT2D eigenvalue weighted by Crippen LogP contribution is 2.12. The third kappa shape index (κ3) is 5.80. The van der Waals surface area contributed by atoms with E-state index in [0.717, 1.165) is 39.1 Å². The molecule has 2 saturated heterocycles. The zero-order valence-corrected chi connectivity index (χ0v) is 11.8. The van der Waals surface area contributed by atoms with Gasteiger partial charge in [0.15, 0.2) is 0 Å². The molecule has 5 heteroatoms. The van der Waals surface area contributed by atoms with Gasteiger partial charge in [0.05, 0.1) is 19.8 Å². The van der Waals surface area contributed by atoms with E-state index in [1.165, 1.54) is 0 Å². The Kier molecular flexibility index (Phi) is 7.23. The van der Waals surface area contributed by atoms with Crippen LogP contribution in [0.15, 0.2) is 0 Å². The van der Waals surface area contributed by atoms with Crippen LogP contribution in [-0.2, 0) is 14.3 Å². The highest BCUT2D eigenvalue weighted by molar-refractivity contribution is 5.76. The van der Waals surface area contributed by atoms with Crippen molar-refractivity contribution in [3.05, 3.63) is 0 Å². The summed E-state index contributed by atoms with van der Waals surface area (Å²) in [5.41, 5.74) is 0. The zero-order chi connectivity index (χ0) is 13.4. The van der Waals surface area contributed by atoms with E-state index in [2.05, 4.69) is 24.2 Å². The Morgan fingerprint density at radius 3 is 2.44 bits per heavy atom. The summed E-state index contributed by atoms with van der Waals surface area (Å²) in [6.45, 7) is 8.41. The van der Waals surface area contributed by atoms with Crippen molar-refractivity contribution in [2.24, 2.45) is 0 Å². The Bertz CT molecular complexity index is 242. The zero-order valence-electron chi connectivity index (χ0n) is 11.8. The molecule has 2 atom stereocenters. The lowest BCUT2D eigenvalue weighted by Gasteiger charge is -2.21. The minimum absolute atomic E-state index is 0.0510. The van der Waals surface area contributed by atoms with Crippen molar-refractivity contribution in [3.8, 4) is 0 Å². The Morgan fingerprint density at radius 2 is 2.06 bits per heavy atom. The highest BCUT2D eigenvalue weighted by atomic mass is 16.5. The molecule has 106 valence electrons. The molecule has 2 heterocycles. The molecule has 18 heavy (non-hydrogen) atoms. The summed E-state index contributed by atoms with van der Waals surface area (Å²) in [7, 11) is 2.11. The van der Waals surface area contributed by atoms with Crippen LogP contribution in [0, 0.1) is 0 Å². The van der Waals surface area contributed by atoms with Crippen LogP contribution < -0.4 is 5.32 Å². The molecule has 0 aromatic heterocycles. The topological polar surface area (TPSA) is 50.8 Å². The first-order valence-electron chi connectivity index (χ1n) is 6.82. The van der Waals surface area contributed by atoms with E-state index < -0.39 is 0 Å². The molecule has 0 amide bonds. The largest absolute Gasteiger partial charge is 0.465 e. The van der Waals surface area contributed by atoms with Crippen molar-refractivity contribution in [3.63, 3.8) is 0 Å².